The summed E-state index contributed by atoms with van der Waals surface area (Å²) >= 11 is -1.45. The Bertz CT molecular complexity index is 413. The van der Waals surface area contributed by atoms with Gasteiger partial charge in [0.15, 0.2) is 0 Å². The Kier molecular flexibility index (Phi) is 20.7. The molecule has 0 aliphatic rings. The first-order valence-corrected chi connectivity index (χ1v) is 21.1. The second kappa shape index (κ2) is 20.3. The van der Waals surface area contributed by atoms with Crippen molar-refractivity contribution in [3.8, 4) is 0 Å². The monoisotopic (exact) mass is 510 g/mol. The number of phosphoric acid groups is 1. The van der Waals surface area contributed by atoms with E-state index in [0.717, 1.165) is 24.5 Å². The zero-order valence-corrected chi connectivity index (χ0v) is 23.4. The van der Waals surface area contributed by atoms with Crippen LogP contribution in [0.4, 0.5) is 0 Å². The Morgan fingerprint density at radius 3 is 1.30 bits per heavy atom. The first kappa shape index (κ1) is 30.7. The van der Waals surface area contributed by atoms with Crippen LogP contribution in [-0.2, 0) is 13.6 Å². The Morgan fingerprint density at radius 1 is 0.600 bits per heavy atom. The zero-order valence-electron chi connectivity index (χ0n) is 20.7. The Balaban J connectivity index is 3.29. The van der Waals surface area contributed by atoms with Crippen molar-refractivity contribution in [1.82, 2.24) is 0 Å². The summed E-state index contributed by atoms with van der Waals surface area (Å²) in [6.45, 7) is 2.79. The summed E-state index contributed by atoms with van der Waals surface area (Å²) in [4.78, 5) is 11.7. The molecule has 182 valence electrons. The summed E-state index contributed by atoms with van der Waals surface area (Å²) in [5.41, 5.74) is 6.93. The molecule has 1 atom stereocenters. The van der Waals surface area contributed by atoms with E-state index in [0.29, 0.717) is 0 Å². The first-order chi connectivity index (χ1) is 14.3. The minimum absolute atomic E-state index is 0.259. The SMILES string of the molecule is CCCCCCCCCCCCCCCCCCOP(=O)([O-])OCCC[As+](C)(C)C. The van der Waals surface area contributed by atoms with E-state index in [9.17, 15) is 9.46 Å². The third-order valence-electron chi connectivity index (χ3n) is 5.47. The second-order valence-corrected chi connectivity index (χ2v) is 21.7. The van der Waals surface area contributed by atoms with Crippen molar-refractivity contribution in [3.63, 3.8) is 0 Å². The van der Waals surface area contributed by atoms with Crippen LogP contribution in [0.25, 0.3) is 0 Å². The van der Waals surface area contributed by atoms with Crippen LogP contribution in [0.3, 0.4) is 0 Å². The van der Waals surface area contributed by atoms with Crippen LogP contribution in [0.2, 0.25) is 22.3 Å². The van der Waals surface area contributed by atoms with Gasteiger partial charge in [-0.15, -0.1) is 0 Å². The van der Waals surface area contributed by atoms with E-state index in [2.05, 4.69) is 24.1 Å². The summed E-state index contributed by atoms with van der Waals surface area (Å²) < 4.78 is 21.6. The molecule has 0 aliphatic heterocycles. The van der Waals surface area contributed by atoms with Gasteiger partial charge in [-0.2, -0.15) is 0 Å². The third kappa shape index (κ3) is 24.9. The molecule has 4 nitrogen and oxygen atoms in total. The summed E-state index contributed by atoms with van der Waals surface area (Å²) in [5.74, 6) is 0. The van der Waals surface area contributed by atoms with Crippen molar-refractivity contribution >= 4 is 21.4 Å². The molecule has 0 aromatic rings. The van der Waals surface area contributed by atoms with Gasteiger partial charge < -0.3 is 0 Å². The number of hydrogen-bond donors (Lipinski definition) is 0. The van der Waals surface area contributed by atoms with Crippen molar-refractivity contribution in [3.05, 3.63) is 0 Å². The Labute approximate surface area is 191 Å². The molecule has 6 heteroatoms. The van der Waals surface area contributed by atoms with Gasteiger partial charge >= 0.3 is 114 Å². The van der Waals surface area contributed by atoms with Gasteiger partial charge in [0.1, 0.15) is 0 Å². The molecule has 0 saturated carbocycles. The molecule has 0 aliphatic carbocycles. The summed E-state index contributed by atoms with van der Waals surface area (Å²) in [7, 11) is -4.10. The van der Waals surface area contributed by atoms with E-state index in [1.54, 1.807) is 0 Å². The van der Waals surface area contributed by atoms with Crippen LogP contribution in [0.1, 0.15) is 116 Å². The molecule has 0 heterocycles. The van der Waals surface area contributed by atoms with Crippen molar-refractivity contribution in [2.24, 2.45) is 0 Å². The van der Waals surface area contributed by atoms with Crippen LogP contribution in [0.5, 0.6) is 0 Å². The molecule has 0 aromatic carbocycles. The molecule has 0 radical (unpaired) electrons. The summed E-state index contributed by atoms with van der Waals surface area (Å²) in [5, 5.41) is 1.11. The van der Waals surface area contributed by atoms with Crippen molar-refractivity contribution in [2.45, 2.75) is 138 Å². The van der Waals surface area contributed by atoms with Gasteiger partial charge in [0, 0.05) is 0 Å². The number of unbranched alkanes of at least 4 members (excludes halogenated alkanes) is 15. The standard InChI is InChI=1S/C24H52AsO4P/c1-5-6-7-8-9-10-11-12-13-14-15-16-17-18-19-20-23-28-30(26,27)29-24-21-22-25(2,3)4/h5-24H2,1-4H3. The normalized spacial score (nSPS) is 14.2. The Hall–Kier alpha value is 0.668. The van der Waals surface area contributed by atoms with E-state index < -0.39 is 21.4 Å². The molecular formula is C24H52AsO4P. The molecule has 0 spiro atoms. The van der Waals surface area contributed by atoms with E-state index in [-0.39, 0.29) is 13.2 Å². The number of rotatable bonds is 23. The average Bonchev–Trinajstić information content (AvgIpc) is 2.67. The van der Waals surface area contributed by atoms with E-state index >= 15 is 0 Å². The molecular weight excluding hydrogens is 458 g/mol. The molecule has 0 bridgehead atoms. The van der Waals surface area contributed by atoms with Crippen molar-refractivity contribution in [2.75, 3.05) is 13.2 Å². The van der Waals surface area contributed by atoms with Crippen molar-refractivity contribution < 1.29 is 18.5 Å². The second-order valence-electron chi connectivity index (χ2n) is 9.78. The molecule has 0 saturated heterocycles. The van der Waals surface area contributed by atoms with Crippen LogP contribution in [-0.4, -0.2) is 26.8 Å². The number of hydrogen-bond acceptors (Lipinski definition) is 4. The van der Waals surface area contributed by atoms with Crippen LogP contribution < -0.4 is 4.89 Å². The maximum atomic E-state index is 11.7. The van der Waals surface area contributed by atoms with Gasteiger partial charge in [0.05, 0.1) is 0 Å². The topological polar surface area (TPSA) is 58.6 Å². The van der Waals surface area contributed by atoms with E-state index in [1.165, 1.54) is 89.9 Å². The zero-order chi connectivity index (χ0) is 22.6. The number of phosphoric ester groups is 1. The van der Waals surface area contributed by atoms with Crippen LogP contribution in [0.15, 0.2) is 0 Å². The maximum absolute atomic E-state index is 11.7. The summed E-state index contributed by atoms with van der Waals surface area (Å²) in [6.07, 6.45) is 21.7. The molecule has 1 unspecified atom stereocenters. The van der Waals surface area contributed by atoms with E-state index in [1.807, 2.05) is 0 Å². The van der Waals surface area contributed by atoms with E-state index in [4.69, 9.17) is 9.05 Å². The van der Waals surface area contributed by atoms with Crippen molar-refractivity contribution in [1.29, 1.82) is 0 Å². The fraction of sp³-hybridized carbons (Fsp3) is 1.00. The van der Waals surface area contributed by atoms with Gasteiger partial charge in [-0.3, -0.25) is 0 Å². The minimum atomic E-state index is -4.10. The molecule has 0 rings (SSSR count). The molecule has 0 fully saturated rings. The third-order valence-corrected chi connectivity index (χ3v) is 9.95. The summed E-state index contributed by atoms with van der Waals surface area (Å²) in [6, 6.07) is 0. The average molecular weight is 511 g/mol. The molecule has 0 amide bonds. The van der Waals surface area contributed by atoms with Gasteiger partial charge in [0.25, 0.3) is 0 Å². The molecule has 30 heavy (non-hydrogen) atoms. The van der Waals surface area contributed by atoms with Crippen LogP contribution in [0, 0.1) is 0 Å². The predicted octanol–water partition coefficient (Wildman–Crippen LogP) is 8.48. The first-order valence-electron chi connectivity index (χ1n) is 12.7. The van der Waals surface area contributed by atoms with Crippen LogP contribution >= 0.6 is 7.82 Å². The molecule has 0 N–H and O–H groups in total. The molecule has 0 aromatic heterocycles. The Morgan fingerprint density at radius 2 is 0.933 bits per heavy atom. The van der Waals surface area contributed by atoms with Gasteiger partial charge in [-0.05, 0) is 0 Å². The van der Waals surface area contributed by atoms with Gasteiger partial charge in [-0.25, -0.2) is 0 Å². The quantitative estimate of drug-likeness (QED) is 0.0786. The van der Waals surface area contributed by atoms with Gasteiger partial charge in [-0.1, -0.05) is 77.6 Å². The predicted molar refractivity (Wildman–Crippen MR) is 132 cm³/mol. The van der Waals surface area contributed by atoms with Gasteiger partial charge in [0.2, 0.25) is 0 Å². The fourth-order valence-electron chi connectivity index (χ4n) is 3.58. The fourth-order valence-corrected chi connectivity index (χ4v) is 6.62.